The van der Waals surface area contributed by atoms with Crippen LogP contribution in [0.25, 0.3) is 0 Å². The Hall–Kier alpha value is -0.780. The van der Waals surface area contributed by atoms with Crippen LogP contribution >= 0.6 is 24.0 Å². The van der Waals surface area contributed by atoms with Gasteiger partial charge < -0.3 is 10.6 Å². The Kier molecular flexibility index (Phi) is 6.53. The third-order valence-electron chi connectivity index (χ3n) is 5.07. The van der Waals surface area contributed by atoms with E-state index in [0.29, 0.717) is 5.92 Å². The van der Waals surface area contributed by atoms with E-state index in [0.717, 1.165) is 31.5 Å². The summed E-state index contributed by atoms with van der Waals surface area (Å²) in [5.41, 5.74) is 9.21. The molecule has 1 saturated heterocycles. The molecule has 1 aromatic carbocycles. The van der Waals surface area contributed by atoms with E-state index < -0.39 is 0 Å². The molecular weight excluding hydrogens is 385 g/mol. The molecule has 4 heteroatoms. The summed E-state index contributed by atoms with van der Waals surface area (Å²) in [7, 11) is 0. The predicted octanol–water partition coefficient (Wildman–Crippen LogP) is 3.77. The van der Waals surface area contributed by atoms with E-state index in [1.807, 2.05) is 0 Å². The lowest BCUT2D eigenvalue weighted by Gasteiger charge is -2.31. The van der Waals surface area contributed by atoms with Crippen LogP contribution in [0.15, 0.2) is 29.3 Å². The molecule has 122 valence electrons. The standard InChI is InChI=1S/C18H27N3.HI/c1-14-9-11-21(12-10-14)18(19)20-13-16-7-4-6-15-5-2-3-8-17(15)16;/h2-3,5,8,14,16H,4,6-7,9-13H2,1H3,(H2,19,20);1H. The highest BCUT2D eigenvalue weighted by Crippen LogP contribution is 2.31. The number of likely N-dealkylation sites (tertiary alicyclic amines) is 1. The molecule has 2 aliphatic rings. The number of rotatable bonds is 2. The fourth-order valence-corrected chi connectivity index (χ4v) is 3.59. The molecule has 3 rings (SSSR count). The lowest BCUT2D eigenvalue weighted by atomic mass is 9.83. The molecule has 2 N–H and O–H groups in total. The number of aryl methyl sites for hydroxylation is 1. The Morgan fingerprint density at radius 3 is 2.73 bits per heavy atom. The minimum atomic E-state index is 0. The van der Waals surface area contributed by atoms with Gasteiger partial charge in [0.15, 0.2) is 5.96 Å². The maximum atomic E-state index is 6.21. The number of piperidine rings is 1. The van der Waals surface area contributed by atoms with Crippen molar-refractivity contribution in [1.29, 1.82) is 0 Å². The monoisotopic (exact) mass is 413 g/mol. The number of hydrogen-bond donors (Lipinski definition) is 1. The van der Waals surface area contributed by atoms with Crippen molar-refractivity contribution < 1.29 is 0 Å². The first-order valence-corrected chi connectivity index (χ1v) is 8.36. The molecule has 3 nitrogen and oxygen atoms in total. The maximum absolute atomic E-state index is 6.21. The molecule has 22 heavy (non-hydrogen) atoms. The number of benzene rings is 1. The van der Waals surface area contributed by atoms with Crippen LogP contribution < -0.4 is 5.73 Å². The average molecular weight is 413 g/mol. The van der Waals surface area contributed by atoms with Crippen molar-refractivity contribution in [2.45, 2.75) is 44.9 Å². The molecule has 0 bridgehead atoms. The van der Waals surface area contributed by atoms with Crippen LogP contribution in [0.2, 0.25) is 0 Å². The van der Waals surface area contributed by atoms with Gasteiger partial charge in [-0.2, -0.15) is 0 Å². The van der Waals surface area contributed by atoms with Crippen molar-refractivity contribution >= 4 is 29.9 Å². The van der Waals surface area contributed by atoms with Crippen molar-refractivity contribution in [1.82, 2.24) is 4.90 Å². The molecule has 0 saturated carbocycles. The maximum Gasteiger partial charge on any atom is 0.191 e. The molecule has 1 heterocycles. The smallest absolute Gasteiger partial charge is 0.191 e. The summed E-state index contributed by atoms with van der Waals surface area (Å²) in [6.07, 6.45) is 6.21. The van der Waals surface area contributed by atoms with Crippen LogP contribution in [0.1, 0.15) is 49.7 Å². The Bertz CT molecular complexity index is 507. The second-order valence-corrected chi connectivity index (χ2v) is 6.66. The molecule has 0 amide bonds. The summed E-state index contributed by atoms with van der Waals surface area (Å²) < 4.78 is 0. The number of hydrogen-bond acceptors (Lipinski definition) is 1. The number of halogens is 1. The molecule has 1 fully saturated rings. The van der Waals surface area contributed by atoms with Gasteiger partial charge in [-0.05, 0) is 49.1 Å². The zero-order chi connectivity index (χ0) is 14.7. The molecule has 0 radical (unpaired) electrons. The van der Waals surface area contributed by atoms with Gasteiger partial charge in [-0.15, -0.1) is 24.0 Å². The van der Waals surface area contributed by atoms with Crippen LogP contribution in [-0.4, -0.2) is 30.5 Å². The summed E-state index contributed by atoms with van der Waals surface area (Å²) in [6.45, 7) is 5.30. The first kappa shape index (κ1) is 17.6. The minimum Gasteiger partial charge on any atom is -0.370 e. The Morgan fingerprint density at radius 2 is 1.95 bits per heavy atom. The van der Waals surface area contributed by atoms with E-state index in [9.17, 15) is 0 Å². The highest BCUT2D eigenvalue weighted by molar-refractivity contribution is 14.0. The second-order valence-electron chi connectivity index (χ2n) is 6.66. The fourth-order valence-electron chi connectivity index (χ4n) is 3.59. The molecule has 1 unspecified atom stereocenters. The van der Waals surface area contributed by atoms with Crippen molar-refractivity contribution in [3.05, 3.63) is 35.4 Å². The van der Waals surface area contributed by atoms with Gasteiger partial charge in [0.05, 0.1) is 0 Å². The van der Waals surface area contributed by atoms with Gasteiger partial charge in [-0.1, -0.05) is 31.2 Å². The number of nitrogens with two attached hydrogens (primary N) is 1. The van der Waals surface area contributed by atoms with E-state index in [4.69, 9.17) is 10.7 Å². The van der Waals surface area contributed by atoms with Crippen LogP contribution in [-0.2, 0) is 6.42 Å². The van der Waals surface area contributed by atoms with E-state index in [-0.39, 0.29) is 24.0 Å². The first-order valence-electron chi connectivity index (χ1n) is 8.36. The third-order valence-corrected chi connectivity index (χ3v) is 5.07. The van der Waals surface area contributed by atoms with Gasteiger partial charge in [-0.3, -0.25) is 4.99 Å². The second kappa shape index (κ2) is 8.18. The predicted molar refractivity (Wildman–Crippen MR) is 104 cm³/mol. The van der Waals surface area contributed by atoms with Gasteiger partial charge in [0.2, 0.25) is 0 Å². The topological polar surface area (TPSA) is 41.6 Å². The van der Waals surface area contributed by atoms with Gasteiger partial charge in [0, 0.05) is 25.6 Å². The van der Waals surface area contributed by atoms with E-state index >= 15 is 0 Å². The number of aliphatic imine (C=N–C) groups is 1. The number of nitrogens with zero attached hydrogens (tertiary/aromatic N) is 2. The van der Waals surface area contributed by atoms with Gasteiger partial charge in [0.25, 0.3) is 0 Å². The number of fused-ring (bicyclic) bond motifs is 1. The zero-order valence-electron chi connectivity index (χ0n) is 13.5. The molecule has 1 aromatic rings. The Balaban J connectivity index is 0.00000176. The van der Waals surface area contributed by atoms with Crippen molar-refractivity contribution in [3.63, 3.8) is 0 Å². The molecule has 1 aliphatic heterocycles. The van der Waals surface area contributed by atoms with E-state index in [1.54, 1.807) is 0 Å². The lowest BCUT2D eigenvalue weighted by molar-refractivity contribution is 0.277. The number of guanidine groups is 1. The highest BCUT2D eigenvalue weighted by atomic mass is 127. The fraction of sp³-hybridized carbons (Fsp3) is 0.611. The van der Waals surface area contributed by atoms with Crippen molar-refractivity contribution in [2.75, 3.05) is 19.6 Å². The molecular formula is C18H28IN3. The van der Waals surface area contributed by atoms with Crippen LogP contribution in [0.4, 0.5) is 0 Å². The van der Waals surface area contributed by atoms with Crippen LogP contribution in [0.3, 0.4) is 0 Å². The summed E-state index contributed by atoms with van der Waals surface area (Å²) in [5, 5.41) is 0. The molecule has 0 aromatic heterocycles. The van der Waals surface area contributed by atoms with Crippen LogP contribution in [0.5, 0.6) is 0 Å². The first-order chi connectivity index (χ1) is 10.2. The summed E-state index contributed by atoms with van der Waals surface area (Å²) in [4.78, 5) is 6.97. The lowest BCUT2D eigenvalue weighted by Crippen LogP contribution is -2.42. The zero-order valence-corrected chi connectivity index (χ0v) is 15.8. The van der Waals surface area contributed by atoms with Crippen molar-refractivity contribution in [2.24, 2.45) is 16.6 Å². The Morgan fingerprint density at radius 1 is 1.23 bits per heavy atom. The molecule has 1 atom stereocenters. The van der Waals surface area contributed by atoms with E-state index in [2.05, 4.69) is 36.1 Å². The minimum absolute atomic E-state index is 0. The van der Waals surface area contributed by atoms with E-state index in [1.165, 1.54) is 43.2 Å². The summed E-state index contributed by atoms with van der Waals surface area (Å²) in [5.74, 6) is 2.14. The largest absolute Gasteiger partial charge is 0.370 e. The Labute approximate surface area is 151 Å². The third kappa shape index (κ3) is 4.15. The average Bonchev–Trinajstić information content (AvgIpc) is 2.53. The highest BCUT2D eigenvalue weighted by Gasteiger charge is 2.21. The van der Waals surface area contributed by atoms with Gasteiger partial charge in [-0.25, -0.2) is 0 Å². The van der Waals surface area contributed by atoms with Gasteiger partial charge >= 0.3 is 0 Å². The summed E-state index contributed by atoms with van der Waals surface area (Å²) in [6, 6.07) is 8.83. The molecule has 0 spiro atoms. The molecule has 1 aliphatic carbocycles. The summed E-state index contributed by atoms with van der Waals surface area (Å²) >= 11 is 0. The van der Waals surface area contributed by atoms with Crippen molar-refractivity contribution in [3.8, 4) is 0 Å². The SMILES string of the molecule is CC1CCN(C(N)=NCC2CCCc3ccccc32)CC1.I. The van der Waals surface area contributed by atoms with Crippen LogP contribution in [0, 0.1) is 5.92 Å². The normalized spacial score (nSPS) is 22.9. The quantitative estimate of drug-likeness (QED) is 0.456. The van der Waals surface area contributed by atoms with Gasteiger partial charge in [0.1, 0.15) is 0 Å².